The molecule has 11 rings (SSSR count). The Morgan fingerprint density at radius 2 is 0.950 bits per heavy atom. The molecule has 0 amide bonds. The molecule has 9 aromatic rings. The first-order chi connectivity index (χ1) is 29.8. The van der Waals surface area contributed by atoms with Crippen LogP contribution in [0, 0.1) is 0 Å². The molecular weight excluding hydrogens is 725 g/mol. The molecule has 9 aromatic carbocycles. The monoisotopic (exact) mass is 766 g/mol. The summed E-state index contributed by atoms with van der Waals surface area (Å²) >= 11 is 0. The predicted octanol–water partition coefficient (Wildman–Crippen LogP) is 15.7. The van der Waals surface area contributed by atoms with Gasteiger partial charge in [-0.3, -0.25) is 0 Å². The highest BCUT2D eigenvalue weighted by Gasteiger charge is 2.38. The third-order valence-electron chi connectivity index (χ3n) is 12.2. The molecule has 0 saturated carbocycles. The molecule has 2 nitrogen and oxygen atoms in total. The fraction of sp³-hybridized carbons (Fsp3) is 0.0345. The molecule has 60 heavy (non-hydrogen) atoms. The molecule has 0 fully saturated rings. The molecule has 2 unspecified atom stereocenters. The molecule has 2 aliphatic rings. The van der Waals surface area contributed by atoms with E-state index in [-0.39, 0.29) is 6.04 Å². The third-order valence-corrected chi connectivity index (χ3v) is 12.2. The van der Waals surface area contributed by atoms with E-state index in [0.29, 0.717) is 5.92 Å². The number of hydrogen-bond acceptors (Lipinski definition) is 2. The zero-order chi connectivity index (χ0) is 39.8. The molecule has 0 N–H and O–H groups in total. The Hall–Kier alpha value is -7.68. The largest absolute Gasteiger partial charge is 0.333 e. The molecule has 0 saturated heterocycles. The Morgan fingerprint density at radius 3 is 1.77 bits per heavy atom. The summed E-state index contributed by atoms with van der Waals surface area (Å²) in [6.45, 7) is 0. The standard InChI is InChI=1S/C58H42N2/c1-3-17-41(18-4-1)43-33-35-47(36-34-43)59(55-27-13-9-23-49(55)46-32-31-42-19-7-8-22-45(42)39-46)48-37-38-50(54(40-48)44-20-5-2-6-21-44)51-24-10-14-28-56(51)60-57-29-15-11-25-52(57)53-26-12-16-30-58(53)60/h1-40,52,57H. The number of fused-ring (bicyclic) bond motifs is 4. The zero-order valence-electron chi connectivity index (χ0n) is 33.1. The summed E-state index contributed by atoms with van der Waals surface area (Å²) in [6.07, 6.45) is 9.10. The van der Waals surface area contributed by atoms with E-state index >= 15 is 0 Å². The highest BCUT2D eigenvalue weighted by Crippen LogP contribution is 2.51. The van der Waals surface area contributed by atoms with Gasteiger partial charge in [0.25, 0.3) is 0 Å². The topological polar surface area (TPSA) is 6.48 Å². The number of anilines is 5. The van der Waals surface area contributed by atoms with Gasteiger partial charge in [0.2, 0.25) is 0 Å². The molecule has 1 aliphatic heterocycles. The highest BCUT2D eigenvalue weighted by molar-refractivity contribution is 5.97. The van der Waals surface area contributed by atoms with Gasteiger partial charge >= 0.3 is 0 Å². The normalized spacial score (nSPS) is 15.2. The van der Waals surface area contributed by atoms with Crippen LogP contribution in [0.4, 0.5) is 28.4 Å². The van der Waals surface area contributed by atoms with Crippen LogP contribution in [0.5, 0.6) is 0 Å². The Labute approximate surface area is 352 Å². The highest BCUT2D eigenvalue weighted by atomic mass is 15.2. The van der Waals surface area contributed by atoms with Crippen molar-refractivity contribution in [3.05, 3.63) is 248 Å². The molecule has 0 aromatic heterocycles. The molecule has 0 spiro atoms. The van der Waals surface area contributed by atoms with Crippen molar-refractivity contribution in [2.45, 2.75) is 12.0 Å². The average molecular weight is 767 g/mol. The van der Waals surface area contributed by atoms with Crippen LogP contribution in [0.1, 0.15) is 11.5 Å². The van der Waals surface area contributed by atoms with Gasteiger partial charge in [-0.15, -0.1) is 0 Å². The van der Waals surface area contributed by atoms with Gasteiger partial charge in [0.1, 0.15) is 0 Å². The minimum absolute atomic E-state index is 0.203. The minimum atomic E-state index is 0.203. The van der Waals surface area contributed by atoms with E-state index in [1.54, 1.807) is 0 Å². The van der Waals surface area contributed by atoms with Crippen LogP contribution in [-0.2, 0) is 0 Å². The first-order valence-corrected chi connectivity index (χ1v) is 20.8. The summed E-state index contributed by atoms with van der Waals surface area (Å²) in [5, 5.41) is 2.46. The van der Waals surface area contributed by atoms with E-state index in [4.69, 9.17) is 0 Å². The van der Waals surface area contributed by atoms with Gasteiger partial charge in [-0.2, -0.15) is 0 Å². The van der Waals surface area contributed by atoms with Crippen molar-refractivity contribution in [2.24, 2.45) is 0 Å². The number of nitrogens with zero attached hydrogens (tertiary/aromatic N) is 2. The number of rotatable bonds is 8. The maximum atomic E-state index is 2.55. The molecular formula is C58H42N2. The van der Waals surface area contributed by atoms with Crippen LogP contribution in [0.2, 0.25) is 0 Å². The lowest BCUT2D eigenvalue weighted by Gasteiger charge is -2.31. The van der Waals surface area contributed by atoms with E-state index in [9.17, 15) is 0 Å². The van der Waals surface area contributed by atoms with Crippen LogP contribution in [-0.4, -0.2) is 6.04 Å². The summed E-state index contributed by atoms with van der Waals surface area (Å²) in [7, 11) is 0. The average Bonchev–Trinajstić information content (AvgIpc) is 3.67. The second-order valence-electron chi connectivity index (χ2n) is 15.7. The van der Waals surface area contributed by atoms with Gasteiger partial charge < -0.3 is 9.80 Å². The number of benzene rings is 9. The molecule has 2 atom stereocenters. The van der Waals surface area contributed by atoms with Crippen LogP contribution in [0.3, 0.4) is 0 Å². The van der Waals surface area contributed by atoms with E-state index in [0.717, 1.165) is 17.1 Å². The van der Waals surface area contributed by atoms with Gasteiger partial charge in [-0.05, 0) is 98.2 Å². The Bertz CT molecular complexity index is 3050. The molecule has 0 bridgehead atoms. The minimum Gasteiger partial charge on any atom is -0.333 e. The van der Waals surface area contributed by atoms with Crippen molar-refractivity contribution in [1.29, 1.82) is 0 Å². The maximum Gasteiger partial charge on any atom is 0.0629 e. The third kappa shape index (κ3) is 6.31. The van der Waals surface area contributed by atoms with Crippen molar-refractivity contribution in [3.63, 3.8) is 0 Å². The summed E-state index contributed by atoms with van der Waals surface area (Å²) in [5.74, 6) is 0.305. The second-order valence-corrected chi connectivity index (χ2v) is 15.7. The molecule has 1 heterocycles. The van der Waals surface area contributed by atoms with Gasteiger partial charge in [0, 0.05) is 39.8 Å². The number of allylic oxidation sites excluding steroid dienone is 2. The number of hydrogen-bond donors (Lipinski definition) is 0. The fourth-order valence-corrected chi connectivity index (χ4v) is 9.37. The lowest BCUT2D eigenvalue weighted by molar-refractivity contribution is 0.745. The first-order valence-electron chi connectivity index (χ1n) is 20.8. The second kappa shape index (κ2) is 15.2. The molecule has 284 valence electrons. The predicted molar refractivity (Wildman–Crippen MR) is 254 cm³/mol. The molecule has 0 radical (unpaired) electrons. The number of para-hydroxylation sites is 3. The summed E-state index contributed by atoms with van der Waals surface area (Å²) in [4.78, 5) is 4.99. The van der Waals surface area contributed by atoms with Gasteiger partial charge in [0.05, 0.1) is 11.7 Å². The Kier molecular flexibility index (Phi) is 9.02. The van der Waals surface area contributed by atoms with Crippen molar-refractivity contribution < 1.29 is 0 Å². The van der Waals surface area contributed by atoms with Crippen LogP contribution in [0.15, 0.2) is 243 Å². The van der Waals surface area contributed by atoms with E-state index < -0.39 is 0 Å². The maximum absolute atomic E-state index is 2.55. The molecule has 1 aliphatic carbocycles. The Morgan fingerprint density at radius 1 is 0.350 bits per heavy atom. The lowest BCUT2D eigenvalue weighted by Crippen LogP contribution is -2.28. The van der Waals surface area contributed by atoms with Crippen molar-refractivity contribution in [1.82, 2.24) is 0 Å². The summed E-state index contributed by atoms with van der Waals surface area (Å²) < 4.78 is 0. The smallest absolute Gasteiger partial charge is 0.0629 e. The van der Waals surface area contributed by atoms with Gasteiger partial charge in [-0.25, -0.2) is 0 Å². The van der Waals surface area contributed by atoms with Crippen LogP contribution >= 0.6 is 0 Å². The quantitative estimate of drug-likeness (QED) is 0.152. The summed E-state index contributed by atoms with van der Waals surface area (Å²) in [5.41, 5.74) is 16.6. The van der Waals surface area contributed by atoms with E-state index in [1.165, 1.54) is 72.2 Å². The van der Waals surface area contributed by atoms with Crippen LogP contribution < -0.4 is 9.80 Å². The Balaban J connectivity index is 1.10. The van der Waals surface area contributed by atoms with Crippen molar-refractivity contribution in [2.75, 3.05) is 9.80 Å². The SMILES string of the molecule is C1=CC2c3ccccc3N(c3ccccc3-c3ccc(N(c4ccc(-c5ccccc5)cc4)c4ccccc4-c4ccc5ccccc5c4)cc3-c3ccccc3)C2C=C1. The molecule has 2 heteroatoms. The summed E-state index contributed by atoms with van der Waals surface area (Å²) in [6, 6.07) is 79.9. The lowest BCUT2D eigenvalue weighted by atomic mass is 9.90. The van der Waals surface area contributed by atoms with Gasteiger partial charge in [0.15, 0.2) is 0 Å². The van der Waals surface area contributed by atoms with Gasteiger partial charge in [-0.1, -0.05) is 194 Å². The zero-order valence-corrected chi connectivity index (χ0v) is 33.1. The van der Waals surface area contributed by atoms with Crippen molar-refractivity contribution in [3.8, 4) is 44.5 Å². The first kappa shape index (κ1) is 35.5. The van der Waals surface area contributed by atoms with Crippen LogP contribution in [0.25, 0.3) is 55.3 Å². The van der Waals surface area contributed by atoms with E-state index in [2.05, 4.69) is 252 Å². The van der Waals surface area contributed by atoms with Crippen molar-refractivity contribution >= 4 is 39.2 Å². The fourth-order valence-electron chi connectivity index (χ4n) is 9.37. The van der Waals surface area contributed by atoms with E-state index in [1.807, 2.05) is 0 Å².